The molecule has 3 rings (SSSR count). The Hall–Kier alpha value is -1.24. The Balaban J connectivity index is 1.75. The molecule has 0 aromatic rings. The van der Waals surface area contributed by atoms with Crippen LogP contribution >= 0.6 is 0 Å². The Kier molecular flexibility index (Phi) is 1.95. The van der Waals surface area contributed by atoms with Crippen LogP contribution in [0.3, 0.4) is 0 Å². The Morgan fingerprint density at radius 2 is 2.19 bits per heavy atom. The summed E-state index contributed by atoms with van der Waals surface area (Å²) in [6.45, 7) is 0. The Morgan fingerprint density at radius 1 is 1.44 bits per heavy atom. The topological polar surface area (TPSA) is 61.8 Å². The molecule has 7 heteroatoms. The van der Waals surface area contributed by atoms with Crippen LogP contribution in [0.1, 0.15) is 6.42 Å². The summed E-state index contributed by atoms with van der Waals surface area (Å²) in [5.74, 6) is -2.31. The Labute approximate surface area is 88.6 Å². The summed E-state index contributed by atoms with van der Waals surface area (Å²) in [6, 6.07) is 0. The molecule has 0 amide bonds. The normalized spacial score (nSPS) is 43.9. The highest BCUT2D eigenvalue weighted by Gasteiger charge is 2.65. The molecule has 0 radical (unpaired) electrons. The van der Waals surface area contributed by atoms with Crippen LogP contribution in [-0.2, 0) is 23.8 Å². The van der Waals surface area contributed by atoms with Gasteiger partial charge in [-0.3, -0.25) is 4.79 Å². The number of hydrogen-bond donors (Lipinski definition) is 0. The maximum atomic E-state index is 12.0. The number of fused-ring (bicyclic) bond motifs is 1. The second-order valence-electron chi connectivity index (χ2n) is 4.09. The van der Waals surface area contributed by atoms with Gasteiger partial charge in [-0.1, -0.05) is 0 Å². The molecule has 0 aliphatic carbocycles. The molecule has 3 heterocycles. The van der Waals surface area contributed by atoms with E-state index in [4.69, 9.17) is 9.47 Å². The lowest BCUT2D eigenvalue weighted by molar-refractivity contribution is -0.170. The fourth-order valence-electron chi connectivity index (χ4n) is 2.57. The number of carbonyl (C=O) groups is 2. The van der Waals surface area contributed by atoms with E-state index in [-0.39, 0.29) is 5.92 Å². The van der Waals surface area contributed by atoms with Gasteiger partial charge in [0.1, 0.15) is 6.10 Å². The van der Waals surface area contributed by atoms with Crippen LogP contribution in [0, 0.1) is 5.92 Å². The molecule has 0 spiro atoms. The van der Waals surface area contributed by atoms with Crippen molar-refractivity contribution in [3.05, 3.63) is 0 Å². The third-order valence-corrected chi connectivity index (χ3v) is 3.21. The van der Waals surface area contributed by atoms with Crippen LogP contribution in [0.2, 0.25) is 0 Å². The molecule has 3 aliphatic rings. The van der Waals surface area contributed by atoms with Crippen molar-refractivity contribution in [2.45, 2.75) is 37.3 Å². The first-order chi connectivity index (χ1) is 7.58. The summed E-state index contributed by atoms with van der Waals surface area (Å²) < 4.78 is 38.9. The summed E-state index contributed by atoms with van der Waals surface area (Å²) in [7, 11) is 0. The van der Waals surface area contributed by atoms with E-state index in [0.717, 1.165) is 0 Å². The average Bonchev–Trinajstić information content (AvgIpc) is 2.81. The zero-order valence-electron chi connectivity index (χ0n) is 7.97. The van der Waals surface area contributed by atoms with Gasteiger partial charge in [-0.05, 0) is 6.42 Å². The van der Waals surface area contributed by atoms with E-state index in [1.807, 2.05) is 0 Å². The average molecular weight is 234 g/mol. The van der Waals surface area contributed by atoms with Crippen LogP contribution in [-0.4, -0.2) is 42.8 Å². The van der Waals surface area contributed by atoms with Crippen molar-refractivity contribution in [1.29, 1.82) is 0 Å². The van der Waals surface area contributed by atoms with E-state index >= 15 is 0 Å². The lowest BCUT2D eigenvalue weighted by atomic mass is 9.88. The second kappa shape index (κ2) is 3.13. The standard InChI is InChI=1S/C9H8F2O5/c10-7(11)9(13)15-5-3-1-2-4(14-3)6(5)16-8(2)12/h2-7H,1H2. The minimum Gasteiger partial charge on any atom is -0.455 e. The zero-order chi connectivity index (χ0) is 11.4. The molecule has 88 valence electrons. The van der Waals surface area contributed by atoms with E-state index in [2.05, 4.69) is 4.74 Å². The SMILES string of the molecule is O=C(OC1C2CC3C(=O)OC1C3O2)C(F)F. The summed E-state index contributed by atoms with van der Waals surface area (Å²) in [5.41, 5.74) is 0. The molecular formula is C9H8F2O5. The molecule has 0 aromatic carbocycles. The fraction of sp³-hybridized carbons (Fsp3) is 0.778. The van der Waals surface area contributed by atoms with Gasteiger partial charge in [-0.2, -0.15) is 8.78 Å². The maximum absolute atomic E-state index is 12.0. The first-order valence-electron chi connectivity index (χ1n) is 4.92. The minimum absolute atomic E-state index is 0.323. The third kappa shape index (κ3) is 1.17. The first kappa shape index (κ1) is 9.95. The van der Waals surface area contributed by atoms with E-state index < -0.39 is 42.8 Å². The van der Waals surface area contributed by atoms with E-state index in [0.29, 0.717) is 6.42 Å². The zero-order valence-corrected chi connectivity index (χ0v) is 7.97. The molecular weight excluding hydrogens is 226 g/mol. The fourth-order valence-corrected chi connectivity index (χ4v) is 2.57. The molecule has 3 fully saturated rings. The minimum atomic E-state index is -3.17. The Bertz CT molecular complexity index is 358. The smallest absolute Gasteiger partial charge is 0.374 e. The van der Waals surface area contributed by atoms with Gasteiger partial charge >= 0.3 is 18.4 Å². The van der Waals surface area contributed by atoms with Crippen molar-refractivity contribution < 1.29 is 32.6 Å². The van der Waals surface area contributed by atoms with Crippen LogP contribution in [0.15, 0.2) is 0 Å². The van der Waals surface area contributed by atoms with Crippen molar-refractivity contribution >= 4 is 11.9 Å². The molecule has 0 saturated carbocycles. The highest BCUT2D eigenvalue weighted by atomic mass is 19.3. The van der Waals surface area contributed by atoms with Gasteiger partial charge in [0.15, 0.2) is 12.2 Å². The lowest BCUT2D eigenvalue weighted by Gasteiger charge is -2.21. The molecule has 5 nitrogen and oxygen atoms in total. The number of rotatable bonds is 2. The number of carbonyl (C=O) groups excluding carboxylic acids is 2. The van der Waals surface area contributed by atoms with Crippen LogP contribution in [0.5, 0.6) is 0 Å². The molecule has 0 aromatic heterocycles. The highest BCUT2D eigenvalue weighted by Crippen LogP contribution is 2.47. The van der Waals surface area contributed by atoms with Crippen LogP contribution in [0.4, 0.5) is 8.78 Å². The second-order valence-corrected chi connectivity index (χ2v) is 4.09. The monoisotopic (exact) mass is 234 g/mol. The molecule has 2 bridgehead atoms. The summed E-state index contributed by atoms with van der Waals surface area (Å²) in [5, 5.41) is 0. The van der Waals surface area contributed by atoms with Crippen LogP contribution in [0.25, 0.3) is 0 Å². The van der Waals surface area contributed by atoms with Gasteiger partial charge < -0.3 is 14.2 Å². The maximum Gasteiger partial charge on any atom is 0.374 e. The summed E-state index contributed by atoms with van der Waals surface area (Å²) in [6.07, 6.45) is -5.32. The number of hydrogen-bond acceptors (Lipinski definition) is 5. The van der Waals surface area contributed by atoms with Crippen LogP contribution < -0.4 is 0 Å². The van der Waals surface area contributed by atoms with Crippen molar-refractivity contribution in [3.63, 3.8) is 0 Å². The number of alkyl halides is 2. The quantitative estimate of drug-likeness (QED) is 0.623. The molecule has 5 unspecified atom stereocenters. The largest absolute Gasteiger partial charge is 0.455 e. The van der Waals surface area contributed by atoms with Crippen molar-refractivity contribution in [3.8, 4) is 0 Å². The van der Waals surface area contributed by atoms with E-state index in [1.165, 1.54) is 0 Å². The van der Waals surface area contributed by atoms with Gasteiger partial charge in [0, 0.05) is 0 Å². The van der Waals surface area contributed by atoms with E-state index in [9.17, 15) is 18.4 Å². The molecule has 16 heavy (non-hydrogen) atoms. The van der Waals surface area contributed by atoms with Gasteiger partial charge in [0.2, 0.25) is 0 Å². The van der Waals surface area contributed by atoms with Gasteiger partial charge in [-0.15, -0.1) is 0 Å². The predicted molar refractivity (Wildman–Crippen MR) is 42.5 cm³/mol. The van der Waals surface area contributed by atoms with Gasteiger partial charge in [0.05, 0.1) is 12.0 Å². The molecule has 3 saturated heterocycles. The van der Waals surface area contributed by atoms with Crippen molar-refractivity contribution in [1.82, 2.24) is 0 Å². The molecule has 5 atom stereocenters. The number of esters is 2. The van der Waals surface area contributed by atoms with Gasteiger partial charge in [-0.25, -0.2) is 4.79 Å². The lowest BCUT2D eigenvalue weighted by Crippen LogP contribution is -2.41. The Morgan fingerprint density at radius 3 is 2.88 bits per heavy atom. The number of ether oxygens (including phenoxy) is 3. The third-order valence-electron chi connectivity index (χ3n) is 3.21. The summed E-state index contributed by atoms with van der Waals surface area (Å²) >= 11 is 0. The highest BCUT2D eigenvalue weighted by molar-refractivity contribution is 5.78. The van der Waals surface area contributed by atoms with Crippen molar-refractivity contribution in [2.24, 2.45) is 5.92 Å². The van der Waals surface area contributed by atoms with E-state index in [1.54, 1.807) is 0 Å². The summed E-state index contributed by atoms with van der Waals surface area (Å²) in [4.78, 5) is 22.0. The molecule has 0 N–H and O–H groups in total. The first-order valence-corrected chi connectivity index (χ1v) is 4.92. The predicted octanol–water partition coefficient (Wildman–Crippen LogP) is -0.124. The van der Waals surface area contributed by atoms with Crippen molar-refractivity contribution in [2.75, 3.05) is 0 Å². The molecule has 3 aliphatic heterocycles. The number of halogens is 2. The van der Waals surface area contributed by atoms with Gasteiger partial charge in [0.25, 0.3) is 0 Å².